The van der Waals surface area contributed by atoms with Crippen LogP contribution >= 0.6 is 0 Å². The lowest BCUT2D eigenvalue weighted by atomic mass is 9.79. The van der Waals surface area contributed by atoms with Gasteiger partial charge in [0, 0.05) is 50.5 Å². The van der Waals surface area contributed by atoms with Crippen molar-refractivity contribution in [2.45, 2.75) is 13.0 Å². The number of nitrogens with one attached hydrogen (secondary N) is 1. The van der Waals surface area contributed by atoms with Crippen LogP contribution in [-0.4, -0.2) is 52.2 Å². The fourth-order valence-electron chi connectivity index (χ4n) is 4.74. The summed E-state index contributed by atoms with van der Waals surface area (Å²) in [6, 6.07) is 19.3. The molecule has 2 aliphatic rings. The highest BCUT2D eigenvalue weighted by atomic mass is 16.5. The zero-order valence-electron chi connectivity index (χ0n) is 17.2. The molecule has 31 heavy (non-hydrogen) atoms. The van der Waals surface area contributed by atoms with Crippen molar-refractivity contribution in [2.24, 2.45) is 5.41 Å². The molecule has 0 radical (unpaired) electrons. The maximum absolute atomic E-state index is 11.4. The number of carbonyl (C=O) groups is 1. The number of rotatable bonds is 5. The molecule has 0 bridgehead atoms. The lowest BCUT2D eigenvalue weighted by molar-refractivity contribution is 0.0116. The number of anilines is 1. The average molecular weight is 415 g/mol. The van der Waals surface area contributed by atoms with Gasteiger partial charge in [0.1, 0.15) is 0 Å². The summed E-state index contributed by atoms with van der Waals surface area (Å²) in [6.45, 7) is 4.98. The number of hydroxylamine groups is 1. The molecule has 3 heterocycles. The van der Waals surface area contributed by atoms with Gasteiger partial charge in [-0.15, -0.1) is 0 Å². The number of amides is 1. The highest BCUT2D eigenvalue weighted by Gasteiger charge is 2.47. The molecule has 7 nitrogen and oxygen atoms in total. The van der Waals surface area contributed by atoms with Gasteiger partial charge >= 0.3 is 0 Å². The predicted octanol–water partition coefficient (Wildman–Crippen LogP) is 2.97. The maximum Gasteiger partial charge on any atom is 0.277 e. The third-order valence-electron chi connectivity index (χ3n) is 6.31. The molecule has 2 fully saturated rings. The second-order valence-electron chi connectivity index (χ2n) is 8.59. The van der Waals surface area contributed by atoms with Crippen LogP contribution < -0.4 is 10.4 Å². The van der Waals surface area contributed by atoms with Gasteiger partial charge in [-0.25, -0.2) is 15.4 Å². The number of hydrogen-bond donors (Lipinski definition) is 2. The Labute approximate surface area is 181 Å². The number of nitrogens with zero attached hydrogens (tertiary/aromatic N) is 4. The first kappa shape index (κ1) is 19.7. The smallest absolute Gasteiger partial charge is 0.277 e. The average Bonchev–Trinajstić information content (AvgIpc) is 3.25. The highest BCUT2D eigenvalue weighted by molar-refractivity contribution is 5.92. The third kappa shape index (κ3) is 4.02. The molecule has 0 saturated carbocycles. The van der Waals surface area contributed by atoms with Crippen molar-refractivity contribution in [3.8, 4) is 11.1 Å². The van der Waals surface area contributed by atoms with Gasteiger partial charge in [-0.1, -0.05) is 54.6 Å². The summed E-state index contributed by atoms with van der Waals surface area (Å²) in [4.78, 5) is 24.7. The number of likely N-dealkylation sites (tertiary alicyclic amines) is 1. The minimum absolute atomic E-state index is 0.244. The predicted molar refractivity (Wildman–Crippen MR) is 118 cm³/mol. The Morgan fingerprint density at radius 2 is 1.65 bits per heavy atom. The lowest BCUT2D eigenvalue weighted by Crippen LogP contribution is -2.56. The molecule has 5 rings (SSSR count). The quantitative estimate of drug-likeness (QED) is 0.493. The number of hydrogen-bond acceptors (Lipinski definition) is 6. The van der Waals surface area contributed by atoms with Crippen molar-refractivity contribution in [1.82, 2.24) is 20.3 Å². The van der Waals surface area contributed by atoms with Crippen LogP contribution in [0.15, 0.2) is 67.0 Å². The topological polar surface area (TPSA) is 81.6 Å². The van der Waals surface area contributed by atoms with E-state index in [1.54, 1.807) is 5.48 Å². The molecule has 0 aliphatic carbocycles. The van der Waals surface area contributed by atoms with E-state index in [9.17, 15) is 4.79 Å². The van der Waals surface area contributed by atoms with Gasteiger partial charge < -0.3 is 4.90 Å². The van der Waals surface area contributed by atoms with E-state index >= 15 is 0 Å². The van der Waals surface area contributed by atoms with Crippen molar-refractivity contribution in [3.05, 3.63) is 78.1 Å². The van der Waals surface area contributed by atoms with E-state index in [1.165, 1.54) is 29.1 Å². The first-order valence-corrected chi connectivity index (χ1v) is 10.5. The van der Waals surface area contributed by atoms with Crippen LogP contribution in [0.25, 0.3) is 11.1 Å². The van der Waals surface area contributed by atoms with Crippen LogP contribution in [0.1, 0.15) is 22.3 Å². The Kier molecular flexibility index (Phi) is 5.13. The van der Waals surface area contributed by atoms with E-state index in [0.717, 1.165) is 39.1 Å². The molecule has 2 aromatic carbocycles. The molecule has 1 spiro atoms. The Hall–Kier alpha value is -3.29. The van der Waals surface area contributed by atoms with E-state index in [0.29, 0.717) is 11.4 Å². The zero-order valence-corrected chi connectivity index (χ0v) is 17.2. The summed E-state index contributed by atoms with van der Waals surface area (Å²) in [5.41, 5.74) is 5.98. The first-order valence-electron chi connectivity index (χ1n) is 10.5. The maximum atomic E-state index is 11.4. The summed E-state index contributed by atoms with van der Waals surface area (Å²) in [5.74, 6) is 0.0391. The Bertz CT molecular complexity index is 1050. The van der Waals surface area contributed by atoms with Crippen molar-refractivity contribution < 1.29 is 10.0 Å². The zero-order chi connectivity index (χ0) is 21.3. The molecule has 158 valence electrons. The Balaban J connectivity index is 1.15. The van der Waals surface area contributed by atoms with Gasteiger partial charge in [0.2, 0.25) is 5.95 Å². The summed E-state index contributed by atoms with van der Waals surface area (Å²) in [7, 11) is 0. The minimum atomic E-state index is -0.601. The molecular weight excluding hydrogens is 390 g/mol. The van der Waals surface area contributed by atoms with Crippen molar-refractivity contribution in [1.29, 1.82) is 0 Å². The van der Waals surface area contributed by atoms with Gasteiger partial charge in [-0.3, -0.25) is 14.9 Å². The molecule has 0 atom stereocenters. The summed E-state index contributed by atoms with van der Waals surface area (Å²) >= 11 is 0. The van der Waals surface area contributed by atoms with Gasteiger partial charge in [0.05, 0.1) is 5.56 Å². The van der Waals surface area contributed by atoms with E-state index in [1.807, 2.05) is 6.07 Å². The molecule has 2 saturated heterocycles. The van der Waals surface area contributed by atoms with Crippen LogP contribution in [0.4, 0.5) is 5.95 Å². The van der Waals surface area contributed by atoms with Crippen LogP contribution in [0.5, 0.6) is 0 Å². The van der Waals surface area contributed by atoms with E-state index in [-0.39, 0.29) is 5.56 Å². The minimum Gasteiger partial charge on any atom is -0.340 e. The Morgan fingerprint density at radius 3 is 2.32 bits per heavy atom. The molecule has 1 amide bonds. The third-order valence-corrected chi connectivity index (χ3v) is 6.31. The first-order chi connectivity index (χ1) is 15.1. The fraction of sp³-hybridized carbons (Fsp3) is 0.292. The second kappa shape index (κ2) is 8.09. The normalized spacial score (nSPS) is 17.5. The molecule has 3 aromatic rings. The van der Waals surface area contributed by atoms with E-state index in [4.69, 9.17) is 5.21 Å². The lowest BCUT2D eigenvalue weighted by Gasteiger charge is -2.48. The van der Waals surface area contributed by atoms with Crippen LogP contribution in [0.3, 0.4) is 0 Å². The van der Waals surface area contributed by atoms with Crippen LogP contribution in [0.2, 0.25) is 0 Å². The van der Waals surface area contributed by atoms with Gasteiger partial charge in [0.25, 0.3) is 5.91 Å². The van der Waals surface area contributed by atoms with Crippen molar-refractivity contribution in [2.75, 3.05) is 31.1 Å². The van der Waals surface area contributed by atoms with Gasteiger partial charge in [-0.05, 0) is 23.1 Å². The Morgan fingerprint density at radius 1 is 0.968 bits per heavy atom. The molecule has 1 aromatic heterocycles. The van der Waals surface area contributed by atoms with Gasteiger partial charge in [0.15, 0.2) is 0 Å². The molecule has 2 N–H and O–H groups in total. The van der Waals surface area contributed by atoms with Crippen LogP contribution in [-0.2, 0) is 6.54 Å². The number of benzene rings is 2. The van der Waals surface area contributed by atoms with Crippen molar-refractivity contribution >= 4 is 11.9 Å². The monoisotopic (exact) mass is 415 g/mol. The van der Waals surface area contributed by atoms with Crippen LogP contribution in [0, 0.1) is 5.41 Å². The van der Waals surface area contributed by atoms with E-state index in [2.05, 4.69) is 68.3 Å². The summed E-state index contributed by atoms with van der Waals surface area (Å²) < 4.78 is 0. The molecule has 2 aliphatic heterocycles. The molecule has 0 unspecified atom stereocenters. The highest BCUT2D eigenvalue weighted by Crippen LogP contribution is 2.41. The fourth-order valence-corrected chi connectivity index (χ4v) is 4.74. The molecule has 7 heteroatoms. The number of aromatic nitrogens is 2. The summed E-state index contributed by atoms with van der Waals surface area (Å²) in [6.07, 6.45) is 4.02. The van der Waals surface area contributed by atoms with Gasteiger partial charge in [-0.2, -0.15) is 0 Å². The SMILES string of the molecule is O=C(NO)c1cnc(N2CCC3(CN(Cc4ccc(-c5ccccc5)cc4)C3)C2)nc1. The van der Waals surface area contributed by atoms with Crippen molar-refractivity contribution in [3.63, 3.8) is 0 Å². The second-order valence-corrected chi connectivity index (χ2v) is 8.59. The largest absolute Gasteiger partial charge is 0.340 e. The molecular formula is C24H25N5O2. The number of carbonyl (C=O) groups excluding carboxylic acids is 1. The van der Waals surface area contributed by atoms with E-state index < -0.39 is 5.91 Å². The summed E-state index contributed by atoms with van der Waals surface area (Å²) in [5, 5.41) is 8.70. The standard InChI is InChI=1S/C24H25N5O2/c30-22(27-31)21-12-25-23(26-13-21)29-11-10-24(17-29)15-28(16-24)14-18-6-8-20(9-7-18)19-4-2-1-3-5-19/h1-9,12-13,31H,10-11,14-17H2,(H,27,30).